The van der Waals surface area contributed by atoms with Gasteiger partial charge >= 0.3 is 0 Å². The summed E-state index contributed by atoms with van der Waals surface area (Å²) in [6.07, 6.45) is -17.5. The van der Waals surface area contributed by atoms with Crippen molar-refractivity contribution in [1.29, 1.82) is 0 Å². The Balaban J connectivity index is 1.49. The van der Waals surface area contributed by atoms with Gasteiger partial charge in [0.25, 0.3) is 0 Å². The molecule has 0 spiro atoms. The molecule has 0 radical (unpaired) electrons. The van der Waals surface area contributed by atoms with Crippen molar-refractivity contribution in [2.75, 3.05) is 0 Å². The zero-order valence-corrected chi connectivity index (χ0v) is 22.3. The van der Waals surface area contributed by atoms with Crippen molar-refractivity contribution < 1.29 is 74.4 Å². The molecule has 0 bridgehead atoms. The van der Waals surface area contributed by atoms with E-state index in [1.54, 1.807) is 0 Å². The fraction of sp³-hybridized carbons (Fsp3) is 0.519. The third-order valence-electron chi connectivity index (χ3n) is 7.57. The Morgan fingerprint density at radius 1 is 0.690 bits per heavy atom. The number of rotatable bonds is 5. The highest BCUT2D eigenvalue weighted by atomic mass is 16.7. The minimum Gasteiger partial charge on any atom is -0.507 e. The van der Waals surface area contributed by atoms with E-state index in [0.717, 1.165) is 18.2 Å². The molecule has 2 saturated heterocycles. The van der Waals surface area contributed by atoms with Crippen LogP contribution >= 0.6 is 0 Å². The van der Waals surface area contributed by atoms with E-state index in [1.807, 2.05) is 0 Å². The van der Waals surface area contributed by atoms with E-state index in [2.05, 4.69) is 0 Å². The zero-order chi connectivity index (χ0) is 30.6. The Morgan fingerprint density at radius 3 is 1.90 bits per heavy atom. The minimum atomic E-state index is -1.78. The molecule has 3 aliphatic heterocycles. The third-order valence-corrected chi connectivity index (χ3v) is 7.57. The number of aromatic hydroxyl groups is 3. The number of hydrogen-bond donors (Lipinski definition) is 9. The number of aliphatic hydroxyl groups is 6. The number of phenols is 3. The van der Waals surface area contributed by atoms with Crippen LogP contribution in [0.2, 0.25) is 0 Å². The quantitative estimate of drug-likeness (QED) is 0.179. The molecule has 0 unspecified atom stereocenters. The largest absolute Gasteiger partial charge is 0.507 e. The number of aliphatic hydroxyl groups excluding tert-OH is 6. The summed E-state index contributed by atoms with van der Waals surface area (Å²) in [6, 6.07) is 5.79. The molecule has 0 aliphatic carbocycles. The van der Waals surface area contributed by atoms with Crippen molar-refractivity contribution in [3.63, 3.8) is 0 Å². The lowest BCUT2D eigenvalue weighted by atomic mass is 9.92. The molecule has 2 fully saturated rings. The van der Waals surface area contributed by atoms with Gasteiger partial charge in [-0.15, -0.1) is 0 Å². The van der Waals surface area contributed by atoms with Gasteiger partial charge in [-0.05, 0) is 31.5 Å². The second kappa shape index (κ2) is 11.4. The number of ketones is 1. The SMILES string of the molecule is C[C@@H]1O[C@H](O[C@@H]2C(=O)c3c(O)cc(O[C@H]4O[C@H](C)[C@H](O)[C@@H](O)[C@H]4O)cc3O[C@H]2c2ccc(O)c(O)c2)[C@H](O)[C@H](O)[C@H]1O. The van der Waals surface area contributed by atoms with Crippen molar-refractivity contribution in [2.45, 2.75) is 87.5 Å². The van der Waals surface area contributed by atoms with Crippen molar-refractivity contribution >= 4 is 5.78 Å². The number of hydrogen-bond acceptors (Lipinski definition) is 15. The average Bonchev–Trinajstić information content (AvgIpc) is 2.94. The molecular weight excluding hydrogens is 564 g/mol. The summed E-state index contributed by atoms with van der Waals surface area (Å²) >= 11 is 0. The zero-order valence-electron chi connectivity index (χ0n) is 22.3. The van der Waals surface area contributed by atoms with E-state index < -0.39 is 96.7 Å². The highest BCUT2D eigenvalue weighted by Gasteiger charge is 2.49. The fourth-order valence-corrected chi connectivity index (χ4v) is 5.07. The van der Waals surface area contributed by atoms with E-state index in [0.29, 0.717) is 0 Å². The Bertz CT molecular complexity index is 1320. The van der Waals surface area contributed by atoms with Gasteiger partial charge in [0.1, 0.15) is 59.4 Å². The van der Waals surface area contributed by atoms with E-state index in [9.17, 15) is 50.8 Å². The second-order valence-corrected chi connectivity index (χ2v) is 10.5. The van der Waals surface area contributed by atoms with Crippen LogP contribution in [0.1, 0.15) is 35.9 Å². The third kappa shape index (κ3) is 5.34. The van der Waals surface area contributed by atoms with Gasteiger partial charge in [0, 0.05) is 12.1 Å². The molecule has 0 saturated carbocycles. The van der Waals surface area contributed by atoms with Gasteiger partial charge in [-0.3, -0.25) is 4.79 Å². The lowest BCUT2D eigenvalue weighted by molar-refractivity contribution is -0.304. The number of carbonyl (C=O) groups excluding carboxylic acids is 1. The lowest BCUT2D eigenvalue weighted by Crippen LogP contribution is -2.59. The van der Waals surface area contributed by atoms with Gasteiger partial charge in [0.2, 0.25) is 12.1 Å². The standard InChI is InChI=1S/C27H32O15/c1-8-17(31)20(34)22(36)26(38-8)40-11-6-14(30)16-15(7-11)41-24(10-3-4-12(28)13(29)5-10)25(19(16)33)42-27-23(37)21(35)18(32)9(2)39-27/h3-9,17-18,20-32,34-37H,1-2H3/t8-,9+,17+,18+,20-,21-,22-,23-,24+,25-,26-,27-/m1/s1. The molecule has 0 aromatic heterocycles. The molecule has 2 aromatic carbocycles. The molecule has 0 amide bonds. The number of carbonyl (C=O) groups is 1. The number of ether oxygens (including phenoxy) is 5. The van der Waals surface area contributed by atoms with Gasteiger partial charge in [0.05, 0.1) is 12.2 Å². The molecule has 3 aliphatic rings. The normalized spacial score (nSPS) is 38.4. The Hall–Kier alpha value is -3.25. The highest BCUT2D eigenvalue weighted by Crippen LogP contribution is 2.45. The number of phenolic OH excluding ortho intramolecular Hbond substituents is 3. The van der Waals surface area contributed by atoms with Crippen LogP contribution in [0.5, 0.6) is 28.7 Å². The first kappa shape index (κ1) is 30.2. The first-order valence-electron chi connectivity index (χ1n) is 13.1. The molecule has 2 aromatic rings. The van der Waals surface area contributed by atoms with Crippen LogP contribution in [0.25, 0.3) is 0 Å². The first-order valence-corrected chi connectivity index (χ1v) is 13.1. The molecule has 12 atom stereocenters. The van der Waals surface area contributed by atoms with Crippen LogP contribution in [0.15, 0.2) is 30.3 Å². The van der Waals surface area contributed by atoms with Gasteiger partial charge in [-0.25, -0.2) is 0 Å². The van der Waals surface area contributed by atoms with Crippen molar-refractivity contribution in [3.8, 4) is 28.7 Å². The average molecular weight is 597 g/mol. The molecule has 15 nitrogen and oxygen atoms in total. The monoisotopic (exact) mass is 596 g/mol. The van der Waals surface area contributed by atoms with Crippen LogP contribution < -0.4 is 9.47 Å². The van der Waals surface area contributed by atoms with Gasteiger partial charge in [0.15, 0.2) is 30.0 Å². The minimum absolute atomic E-state index is 0.121. The molecular formula is C27H32O15. The maximum absolute atomic E-state index is 13.8. The molecule has 15 heteroatoms. The summed E-state index contributed by atoms with van der Waals surface area (Å²) < 4.78 is 28.3. The van der Waals surface area contributed by atoms with E-state index in [-0.39, 0.29) is 22.6 Å². The van der Waals surface area contributed by atoms with Crippen LogP contribution in [0.4, 0.5) is 0 Å². The Morgan fingerprint density at radius 2 is 1.29 bits per heavy atom. The molecule has 9 N–H and O–H groups in total. The number of Topliss-reactive ketones (excluding diaryl/α,β-unsaturated/α-hetero) is 1. The van der Waals surface area contributed by atoms with Crippen LogP contribution in [-0.2, 0) is 14.2 Å². The Labute approximate surface area is 238 Å². The van der Waals surface area contributed by atoms with Gasteiger partial charge in [-0.2, -0.15) is 0 Å². The predicted octanol–water partition coefficient (Wildman–Crippen LogP) is -1.46. The maximum Gasteiger partial charge on any atom is 0.229 e. The summed E-state index contributed by atoms with van der Waals surface area (Å²) in [5.74, 6) is -2.88. The van der Waals surface area contributed by atoms with Crippen molar-refractivity contribution in [1.82, 2.24) is 0 Å². The van der Waals surface area contributed by atoms with Crippen LogP contribution in [-0.4, -0.2) is 119 Å². The van der Waals surface area contributed by atoms with Crippen molar-refractivity contribution in [2.24, 2.45) is 0 Å². The summed E-state index contributed by atoms with van der Waals surface area (Å²) in [6.45, 7) is 2.87. The van der Waals surface area contributed by atoms with Crippen LogP contribution in [0, 0.1) is 0 Å². The molecule has 42 heavy (non-hydrogen) atoms. The fourth-order valence-electron chi connectivity index (χ4n) is 5.07. The lowest BCUT2D eigenvalue weighted by Gasteiger charge is -2.42. The topological polar surface area (TPSA) is 245 Å². The molecule has 5 rings (SSSR count). The van der Waals surface area contributed by atoms with Gasteiger partial charge in [-0.1, -0.05) is 6.07 Å². The molecule has 230 valence electrons. The Kier molecular flexibility index (Phi) is 8.23. The van der Waals surface area contributed by atoms with E-state index >= 15 is 0 Å². The summed E-state index contributed by atoms with van der Waals surface area (Å²) in [5.41, 5.74) is -0.240. The summed E-state index contributed by atoms with van der Waals surface area (Å²) in [4.78, 5) is 13.8. The smallest absolute Gasteiger partial charge is 0.229 e. The summed E-state index contributed by atoms with van der Waals surface area (Å²) in [7, 11) is 0. The first-order chi connectivity index (χ1) is 19.8. The number of fused-ring (bicyclic) bond motifs is 1. The van der Waals surface area contributed by atoms with E-state index in [1.165, 1.54) is 26.0 Å². The predicted molar refractivity (Wildman–Crippen MR) is 136 cm³/mol. The van der Waals surface area contributed by atoms with E-state index in [4.69, 9.17) is 23.7 Å². The maximum atomic E-state index is 13.8. The van der Waals surface area contributed by atoms with Gasteiger partial charge < -0.3 is 69.6 Å². The number of benzene rings is 2. The highest BCUT2D eigenvalue weighted by molar-refractivity contribution is 6.05. The molecule has 3 heterocycles. The van der Waals surface area contributed by atoms with Crippen molar-refractivity contribution in [3.05, 3.63) is 41.5 Å². The summed E-state index contributed by atoms with van der Waals surface area (Å²) in [5, 5.41) is 91.8. The van der Waals surface area contributed by atoms with Crippen LogP contribution in [0.3, 0.4) is 0 Å². The second-order valence-electron chi connectivity index (χ2n) is 10.5.